The smallest absolute Gasteiger partial charge is 0.166 e. The van der Waals surface area contributed by atoms with Crippen LogP contribution in [0.5, 0.6) is 11.5 Å². The van der Waals surface area contributed by atoms with Gasteiger partial charge in [0.2, 0.25) is 0 Å². The molecule has 0 bridgehead atoms. The lowest BCUT2D eigenvalue weighted by Gasteiger charge is -2.16. The minimum absolute atomic E-state index is 0.0837. The average molecular weight is 326 g/mol. The van der Waals surface area contributed by atoms with Gasteiger partial charge in [0.25, 0.3) is 0 Å². The lowest BCUT2D eigenvalue weighted by Crippen LogP contribution is -2.00. The van der Waals surface area contributed by atoms with Crippen LogP contribution < -0.4 is 10.5 Å². The van der Waals surface area contributed by atoms with Crippen LogP contribution in [0, 0.1) is 13.8 Å². The molecule has 5 nitrogen and oxygen atoms in total. The molecule has 0 aliphatic heterocycles. The molecule has 2 rings (SSSR count). The van der Waals surface area contributed by atoms with E-state index >= 15 is 0 Å². The zero-order valence-electron chi connectivity index (χ0n) is 11.3. The van der Waals surface area contributed by atoms with Gasteiger partial charge in [0.15, 0.2) is 11.5 Å². The summed E-state index contributed by atoms with van der Waals surface area (Å²) in [7, 11) is 3.28. The average Bonchev–Trinajstić information content (AvgIpc) is 2.69. The number of rotatable bonds is 2. The van der Waals surface area contributed by atoms with E-state index in [1.54, 1.807) is 17.9 Å². The largest absolute Gasteiger partial charge is 0.504 e. The van der Waals surface area contributed by atoms with Crippen molar-refractivity contribution in [1.82, 2.24) is 9.78 Å². The molecular weight excluding hydrogens is 310 g/mol. The third-order valence-electron chi connectivity index (χ3n) is 3.28. The number of nitrogen functional groups attached to an aromatic ring is 1. The van der Waals surface area contributed by atoms with Crippen LogP contribution in [0.25, 0.3) is 11.1 Å². The molecule has 0 unspecified atom stereocenters. The molecule has 1 aromatic heterocycles. The van der Waals surface area contributed by atoms with Crippen molar-refractivity contribution in [2.75, 3.05) is 12.8 Å². The highest BCUT2D eigenvalue weighted by Crippen LogP contribution is 2.47. The van der Waals surface area contributed by atoms with Gasteiger partial charge in [-0.1, -0.05) is 15.9 Å². The van der Waals surface area contributed by atoms with Crippen LogP contribution in [0.4, 0.5) is 5.82 Å². The van der Waals surface area contributed by atoms with Gasteiger partial charge in [-0.3, -0.25) is 4.68 Å². The van der Waals surface area contributed by atoms with Gasteiger partial charge in [0.1, 0.15) is 5.82 Å². The summed E-state index contributed by atoms with van der Waals surface area (Å²) in [6.07, 6.45) is 1.64. The highest BCUT2D eigenvalue weighted by Gasteiger charge is 2.22. The number of nitrogens with two attached hydrogens (primary N) is 1. The fourth-order valence-corrected chi connectivity index (χ4v) is 2.56. The molecule has 0 aliphatic carbocycles. The molecule has 0 fully saturated rings. The van der Waals surface area contributed by atoms with E-state index in [0.29, 0.717) is 22.7 Å². The highest BCUT2D eigenvalue weighted by atomic mass is 79.9. The van der Waals surface area contributed by atoms with Crippen LogP contribution in [-0.4, -0.2) is 22.0 Å². The molecule has 0 atom stereocenters. The Morgan fingerprint density at radius 3 is 2.47 bits per heavy atom. The fourth-order valence-electron chi connectivity index (χ4n) is 2.18. The van der Waals surface area contributed by atoms with E-state index in [0.717, 1.165) is 15.6 Å². The summed E-state index contributed by atoms with van der Waals surface area (Å²) < 4.78 is 7.73. The quantitative estimate of drug-likeness (QED) is 0.890. The molecular formula is C13H16BrN3O2. The van der Waals surface area contributed by atoms with Crippen LogP contribution in [0.3, 0.4) is 0 Å². The van der Waals surface area contributed by atoms with Crippen molar-refractivity contribution in [2.45, 2.75) is 13.8 Å². The second-order valence-electron chi connectivity index (χ2n) is 4.39. The molecule has 3 N–H and O–H groups in total. The summed E-state index contributed by atoms with van der Waals surface area (Å²) in [4.78, 5) is 0. The Bertz CT molecular complexity index is 650. The van der Waals surface area contributed by atoms with Crippen LogP contribution in [0.1, 0.15) is 11.1 Å². The number of phenolic OH excluding ortho intramolecular Hbond substituents is 1. The molecule has 19 heavy (non-hydrogen) atoms. The van der Waals surface area contributed by atoms with Crippen molar-refractivity contribution in [3.63, 3.8) is 0 Å². The molecule has 0 radical (unpaired) electrons. The molecule has 0 spiro atoms. The number of aromatic hydroxyl groups is 1. The number of halogens is 1. The standard InChI is InChI=1S/C13H16BrN3O2/c1-6-9(8-5-16-17(3)13(8)15)11(18)12(19-4)7(2)10(6)14/h5,18H,15H2,1-4H3. The van der Waals surface area contributed by atoms with Crippen LogP contribution in [-0.2, 0) is 7.05 Å². The van der Waals surface area contributed by atoms with Gasteiger partial charge in [0, 0.05) is 28.2 Å². The number of benzene rings is 1. The fraction of sp³-hybridized carbons (Fsp3) is 0.308. The van der Waals surface area contributed by atoms with E-state index in [-0.39, 0.29) is 5.75 Å². The number of nitrogens with zero attached hydrogens (tertiary/aromatic N) is 2. The van der Waals surface area contributed by atoms with Crippen LogP contribution in [0.15, 0.2) is 10.7 Å². The van der Waals surface area contributed by atoms with E-state index in [1.807, 2.05) is 13.8 Å². The van der Waals surface area contributed by atoms with Gasteiger partial charge in [-0.15, -0.1) is 0 Å². The normalized spacial score (nSPS) is 10.8. The molecule has 0 amide bonds. The molecule has 0 aliphatic rings. The van der Waals surface area contributed by atoms with Crippen molar-refractivity contribution in [3.8, 4) is 22.6 Å². The first-order chi connectivity index (χ1) is 8.90. The Kier molecular flexibility index (Phi) is 3.45. The lowest BCUT2D eigenvalue weighted by molar-refractivity contribution is 0.371. The molecule has 0 saturated heterocycles. The number of anilines is 1. The van der Waals surface area contributed by atoms with Gasteiger partial charge < -0.3 is 15.6 Å². The topological polar surface area (TPSA) is 73.3 Å². The van der Waals surface area contributed by atoms with Gasteiger partial charge in [0.05, 0.1) is 13.3 Å². The van der Waals surface area contributed by atoms with E-state index in [9.17, 15) is 5.11 Å². The minimum atomic E-state index is 0.0837. The number of ether oxygens (including phenoxy) is 1. The van der Waals surface area contributed by atoms with Crippen LogP contribution >= 0.6 is 15.9 Å². The number of aryl methyl sites for hydroxylation is 1. The van der Waals surface area contributed by atoms with Crippen molar-refractivity contribution in [3.05, 3.63) is 21.8 Å². The summed E-state index contributed by atoms with van der Waals surface area (Å²) in [6, 6.07) is 0. The zero-order chi connectivity index (χ0) is 14.3. The summed E-state index contributed by atoms with van der Waals surface area (Å²) in [5.41, 5.74) is 9.06. The van der Waals surface area contributed by atoms with Crippen molar-refractivity contribution in [1.29, 1.82) is 0 Å². The Morgan fingerprint density at radius 1 is 1.37 bits per heavy atom. The van der Waals surface area contributed by atoms with Crippen molar-refractivity contribution >= 4 is 21.7 Å². The van der Waals surface area contributed by atoms with Crippen molar-refractivity contribution < 1.29 is 9.84 Å². The molecule has 102 valence electrons. The van der Waals surface area contributed by atoms with Gasteiger partial charge in [-0.25, -0.2) is 0 Å². The monoisotopic (exact) mass is 325 g/mol. The highest BCUT2D eigenvalue weighted by molar-refractivity contribution is 9.10. The summed E-state index contributed by atoms with van der Waals surface area (Å²) in [5, 5.41) is 14.5. The number of hydrogen-bond donors (Lipinski definition) is 2. The number of aromatic nitrogens is 2. The lowest BCUT2D eigenvalue weighted by atomic mass is 9.98. The summed E-state index contributed by atoms with van der Waals surface area (Å²) in [5.74, 6) is 1.02. The van der Waals surface area contributed by atoms with Gasteiger partial charge in [-0.05, 0) is 19.4 Å². The second-order valence-corrected chi connectivity index (χ2v) is 5.18. The zero-order valence-corrected chi connectivity index (χ0v) is 12.9. The van der Waals surface area contributed by atoms with E-state index in [2.05, 4.69) is 21.0 Å². The third kappa shape index (κ3) is 1.96. The molecule has 1 heterocycles. The van der Waals surface area contributed by atoms with Gasteiger partial charge >= 0.3 is 0 Å². The Labute approximate surface area is 120 Å². The second kappa shape index (κ2) is 4.77. The molecule has 1 aromatic carbocycles. The van der Waals surface area contributed by atoms with Crippen LogP contribution in [0.2, 0.25) is 0 Å². The first-order valence-electron chi connectivity index (χ1n) is 5.73. The maximum Gasteiger partial charge on any atom is 0.166 e. The number of methoxy groups -OCH3 is 1. The predicted molar refractivity (Wildman–Crippen MR) is 78.4 cm³/mol. The third-order valence-corrected chi connectivity index (χ3v) is 4.47. The SMILES string of the molecule is COc1c(C)c(Br)c(C)c(-c2cnn(C)c2N)c1O. The van der Waals surface area contributed by atoms with E-state index in [1.165, 1.54) is 7.11 Å². The molecule has 0 saturated carbocycles. The van der Waals surface area contributed by atoms with E-state index < -0.39 is 0 Å². The number of hydrogen-bond acceptors (Lipinski definition) is 4. The first kappa shape index (κ1) is 13.7. The predicted octanol–water partition coefficient (Wildman–Crippen LogP) is 2.76. The van der Waals surface area contributed by atoms with E-state index in [4.69, 9.17) is 10.5 Å². The minimum Gasteiger partial charge on any atom is -0.504 e. The first-order valence-corrected chi connectivity index (χ1v) is 6.52. The maximum atomic E-state index is 10.4. The van der Waals surface area contributed by atoms with Gasteiger partial charge in [-0.2, -0.15) is 5.10 Å². The number of phenols is 1. The Hall–Kier alpha value is -1.69. The Balaban J connectivity index is 2.84. The Morgan fingerprint density at radius 2 is 2.00 bits per heavy atom. The molecule has 2 aromatic rings. The summed E-state index contributed by atoms with van der Waals surface area (Å²) >= 11 is 3.53. The summed E-state index contributed by atoms with van der Waals surface area (Å²) in [6.45, 7) is 3.80. The maximum absolute atomic E-state index is 10.4. The van der Waals surface area contributed by atoms with Crippen molar-refractivity contribution in [2.24, 2.45) is 7.05 Å². The molecule has 6 heteroatoms.